The first-order valence-electron chi connectivity index (χ1n) is 6.52. The lowest BCUT2D eigenvalue weighted by Crippen LogP contribution is -2.18. The van der Waals surface area contributed by atoms with Gasteiger partial charge in [-0.3, -0.25) is 0 Å². The average Bonchev–Trinajstić information content (AvgIpc) is 2.27. The Kier molecular flexibility index (Phi) is 4.43. The van der Waals surface area contributed by atoms with Crippen molar-refractivity contribution in [3.8, 4) is 0 Å². The van der Waals surface area contributed by atoms with Gasteiger partial charge >= 0.3 is 0 Å². The van der Waals surface area contributed by atoms with Gasteiger partial charge in [0.25, 0.3) is 0 Å². The Morgan fingerprint density at radius 1 is 0.789 bits per heavy atom. The summed E-state index contributed by atoms with van der Waals surface area (Å²) in [7, 11) is 2.01. The summed E-state index contributed by atoms with van der Waals surface area (Å²) in [5, 5.41) is 3.42. The van der Waals surface area contributed by atoms with Crippen LogP contribution in [0.3, 0.4) is 0 Å². The lowest BCUT2D eigenvalue weighted by atomic mass is 9.95. The fourth-order valence-corrected chi connectivity index (χ4v) is 3.26. The van der Waals surface area contributed by atoms with Crippen molar-refractivity contribution in [3.05, 3.63) is 68.7 Å². The van der Waals surface area contributed by atoms with Gasteiger partial charge in [-0.05, 0) is 56.6 Å². The maximum atomic E-state index is 3.58. The van der Waals surface area contributed by atoms with Gasteiger partial charge in [0.1, 0.15) is 0 Å². The number of nitrogens with one attached hydrogen (secondary N) is 1. The van der Waals surface area contributed by atoms with Crippen LogP contribution in [0.4, 0.5) is 0 Å². The zero-order valence-electron chi connectivity index (χ0n) is 11.9. The van der Waals surface area contributed by atoms with E-state index in [0.29, 0.717) is 0 Å². The molecule has 0 aromatic heterocycles. The van der Waals surface area contributed by atoms with Gasteiger partial charge in [-0.1, -0.05) is 51.3 Å². The van der Waals surface area contributed by atoms with Gasteiger partial charge in [0.05, 0.1) is 6.04 Å². The van der Waals surface area contributed by atoms with Gasteiger partial charge in [0.2, 0.25) is 0 Å². The first kappa shape index (κ1) is 14.3. The van der Waals surface area contributed by atoms with Gasteiger partial charge in [-0.15, -0.1) is 0 Å². The van der Waals surface area contributed by atoms with Crippen molar-refractivity contribution in [1.29, 1.82) is 0 Å². The number of halogens is 1. The Bertz CT molecular complexity index is 498. The molecule has 2 heteroatoms. The molecule has 0 spiro atoms. The number of aryl methyl sites for hydroxylation is 3. The van der Waals surface area contributed by atoms with Crippen LogP contribution in [0, 0.1) is 20.8 Å². The Morgan fingerprint density at radius 3 is 1.74 bits per heavy atom. The molecule has 2 aromatic rings. The molecule has 0 saturated carbocycles. The largest absolute Gasteiger partial charge is 0.309 e. The predicted molar refractivity (Wildman–Crippen MR) is 85.7 cm³/mol. The smallest absolute Gasteiger partial charge is 0.0574 e. The normalized spacial score (nSPS) is 12.5. The molecule has 1 unspecified atom stereocenters. The fourth-order valence-electron chi connectivity index (χ4n) is 2.63. The van der Waals surface area contributed by atoms with Crippen LogP contribution in [0.15, 0.2) is 40.9 Å². The van der Waals surface area contributed by atoms with Crippen molar-refractivity contribution in [1.82, 2.24) is 5.32 Å². The van der Waals surface area contributed by atoms with Crippen molar-refractivity contribution in [2.75, 3.05) is 7.05 Å². The van der Waals surface area contributed by atoms with E-state index in [1.54, 1.807) is 0 Å². The highest BCUT2D eigenvalue weighted by Crippen LogP contribution is 2.27. The first-order valence-corrected chi connectivity index (χ1v) is 7.31. The molecular weight excluding hydrogens is 298 g/mol. The molecule has 1 atom stereocenters. The van der Waals surface area contributed by atoms with E-state index < -0.39 is 0 Å². The highest BCUT2D eigenvalue weighted by Gasteiger charge is 2.13. The maximum Gasteiger partial charge on any atom is 0.0574 e. The van der Waals surface area contributed by atoms with Crippen molar-refractivity contribution >= 4 is 15.9 Å². The second-order valence-corrected chi connectivity index (χ2v) is 6.12. The molecule has 0 aliphatic carbocycles. The molecule has 0 radical (unpaired) electrons. The lowest BCUT2D eigenvalue weighted by molar-refractivity contribution is 0.689. The second-order valence-electron chi connectivity index (χ2n) is 5.20. The van der Waals surface area contributed by atoms with Crippen LogP contribution >= 0.6 is 15.9 Å². The molecule has 0 aliphatic heterocycles. The molecule has 19 heavy (non-hydrogen) atoms. The number of hydrogen-bond acceptors (Lipinski definition) is 1. The fraction of sp³-hybridized carbons (Fsp3) is 0.294. The molecule has 0 heterocycles. The molecule has 0 amide bonds. The van der Waals surface area contributed by atoms with Gasteiger partial charge < -0.3 is 5.32 Å². The molecule has 1 nitrogen and oxygen atoms in total. The van der Waals surface area contributed by atoms with E-state index in [0.717, 1.165) is 4.47 Å². The summed E-state index contributed by atoms with van der Waals surface area (Å²) in [6.07, 6.45) is 0. The van der Waals surface area contributed by atoms with Crippen LogP contribution in [-0.2, 0) is 0 Å². The van der Waals surface area contributed by atoms with Crippen LogP contribution < -0.4 is 5.32 Å². The van der Waals surface area contributed by atoms with E-state index in [1.165, 1.54) is 27.8 Å². The van der Waals surface area contributed by atoms with Gasteiger partial charge in [0.15, 0.2) is 0 Å². The van der Waals surface area contributed by atoms with Crippen molar-refractivity contribution in [2.24, 2.45) is 0 Å². The van der Waals surface area contributed by atoms with Gasteiger partial charge in [-0.25, -0.2) is 0 Å². The minimum absolute atomic E-state index is 0.231. The van der Waals surface area contributed by atoms with Gasteiger partial charge in [0, 0.05) is 4.47 Å². The summed E-state index contributed by atoms with van der Waals surface area (Å²) in [6, 6.07) is 13.5. The van der Waals surface area contributed by atoms with Crippen LogP contribution in [-0.4, -0.2) is 7.05 Å². The average molecular weight is 318 g/mol. The summed E-state index contributed by atoms with van der Waals surface area (Å²) in [4.78, 5) is 0. The van der Waals surface area contributed by atoms with Crippen LogP contribution in [0.2, 0.25) is 0 Å². The quantitative estimate of drug-likeness (QED) is 0.866. The van der Waals surface area contributed by atoms with Crippen molar-refractivity contribution in [2.45, 2.75) is 26.8 Å². The first-order chi connectivity index (χ1) is 8.99. The SMILES string of the molecule is CNC(c1cc(C)cc(C)c1)c1cc(C)cc(Br)c1. The summed E-state index contributed by atoms with van der Waals surface area (Å²) < 4.78 is 1.13. The van der Waals surface area contributed by atoms with E-state index >= 15 is 0 Å². The molecule has 1 N–H and O–H groups in total. The van der Waals surface area contributed by atoms with E-state index in [-0.39, 0.29) is 6.04 Å². The zero-order valence-corrected chi connectivity index (χ0v) is 13.5. The molecule has 0 saturated heterocycles. The Morgan fingerprint density at radius 2 is 1.26 bits per heavy atom. The third-order valence-corrected chi connectivity index (χ3v) is 3.72. The summed E-state index contributed by atoms with van der Waals surface area (Å²) >= 11 is 3.58. The summed E-state index contributed by atoms with van der Waals surface area (Å²) in [6.45, 7) is 6.42. The molecular formula is C17H20BrN. The topological polar surface area (TPSA) is 12.0 Å². The van der Waals surface area contributed by atoms with Crippen LogP contribution in [0.1, 0.15) is 33.9 Å². The number of rotatable bonds is 3. The molecule has 0 aliphatic rings. The summed E-state index contributed by atoms with van der Waals surface area (Å²) in [5.41, 5.74) is 6.50. The molecule has 2 rings (SSSR count). The molecule has 2 aromatic carbocycles. The number of hydrogen-bond donors (Lipinski definition) is 1. The van der Waals surface area contributed by atoms with E-state index in [2.05, 4.69) is 78.4 Å². The maximum absolute atomic E-state index is 3.58. The Labute approximate surface area is 124 Å². The minimum atomic E-state index is 0.231. The third-order valence-electron chi connectivity index (χ3n) is 3.26. The van der Waals surface area contributed by atoms with E-state index in [1.807, 2.05) is 7.05 Å². The van der Waals surface area contributed by atoms with Crippen LogP contribution in [0.5, 0.6) is 0 Å². The van der Waals surface area contributed by atoms with Gasteiger partial charge in [-0.2, -0.15) is 0 Å². The molecule has 0 bridgehead atoms. The highest BCUT2D eigenvalue weighted by molar-refractivity contribution is 9.10. The minimum Gasteiger partial charge on any atom is -0.309 e. The third kappa shape index (κ3) is 3.46. The van der Waals surface area contributed by atoms with E-state index in [4.69, 9.17) is 0 Å². The predicted octanol–water partition coefficient (Wildman–Crippen LogP) is 4.68. The van der Waals surface area contributed by atoms with Crippen molar-refractivity contribution in [3.63, 3.8) is 0 Å². The standard InChI is InChI=1S/C17H20BrN/c1-11-5-12(2)7-14(6-11)17(19-4)15-8-13(3)9-16(18)10-15/h5-10,17,19H,1-4H3. The zero-order chi connectivity index (χ0) is 14.0. The Balaban J connectivity index is 2.49. The van der Waals surface area contributed by atoms with Crippen LogP contribution in [0.25, 0.3) is 0 Å². The molecule has 100 valence electrons. The highest BCUT2D eigenvalue weighted by atomic mass is 79.9. The summed E-state index contributed by atoms with van der Waals surface area (Å²) in [5.74, 6) is 0. The van der Waals surface area contributed by atoms with E-state index in [9.17, 15) is 0 Å². The number of benzene rings is 2. The monoisotopic (exact) mass is 317 g/mol. The van der Waals surface area contributed by atoms with Crippen molar-refractivity contribution < 1.29 is 0 Å². The molecule has 0 fully saturated rings. The lowest BCUT2D eigenvalue weighted by Gasteiger charge is -2.19. The Hall–Kier alpha value is -1.12. The second kappa shape index (κ2) is 5.89.